The number of carbonyl (C=O) groups excluding carboxylic acids is 4. The van der Waals surface area contributed by atoms with E-state index in [2.05, 4.69) is 10.6 Å². The highest BCUT2D eigenvalue weighted by Gasteiger charge is 2.24. The van der Waals surface area contributed by atoms with Gasteiger partial charge in [0.15, 0.2) is 6.61 Å². The lowest BCUT2D eigenvalue weighted by molar-refractivity contribution is -0.153. The number of esters is 1. The van der Waals surface area contributed by atoms with Gasteiger partial charge in [-0.15, -0.1) is 0 Å². The van der Waals surface area contributed by atoms with Crippen molar-refractivity contribution in [3.05, 3.63) is 84.4 Å². The van der Waals surface area contributed by atoms with Crippen molar-refractivity contribution in [1.82, 2.24) is 5.32 Å². The van der Waals surface area contributed by atoms with Crippen LogP contribution in [0, 0.1) is 0 Å². The zero-order valence-corrected chi connectivity index (χ0v) is 25.0. The van der Waals surface area contributed by atoms with Gasteiger partial charge in [0.1, 0.15) is 17.9 Å². The maximum absolute atomic E-state index is 13.3. The third kappa shape index (κ3) is 10.8. The first-order valence-corrected chi connectivity index (χ1v) is 13.7. The van der Waals surface area contributed by atoms with Crippen LogP contribution in [0.15, 0.2) is 78.9 Å². The topological polar surface area (TPSA) is 155 Å². The third-order valence-corrected chi connectivity index (χ3v) is 5.96. The molecule has 0 aliphatic carbocycles. The molecule has 44 heavy (non-hydrogen) atoms. The fourth-order valence-corrected chi connectivity index (χ4v) is 3.97. The van der Waals surface area contributed by atoms with E-state index in [1.54, 1.807) is 76.3 Å². The molecule has 3 rings (SSSR count). The second-order valence-electron chi connectivity index (χ2n) is 10.7. The van der Waals surface area contributed by atoms with Crippen LogP contribution in [0.25, 0.3) is 0 Å². The van der Waals surface area contributed by atoms with Gasteiger partial charge in [0, 0.05) is 30.2 Å². The number of urea groups is 1. The first-order chi connectivity index (χ1) is 20.8. The second kappa shape index (κ2) is 15.2. The number of nitrogens with zero attached hydrogens (tertiary/aromatic N) is 2. The van der Waals surface area contributed by atoms with Gasteiger partial charge in [0.05, 0.1) is 13.0 Å². The van der Waals surface area contributed by atoms with Gasteiger partial charge >= 0.3 is 18.0 Å². The van der Waals surface area contributed by atoms with Crippen molar-refractivity contribution in [3.63, 3.8) is 0 Å². The number of nitrogens with one attached hydrogen (secondary N) is 2. The minimum absolute atomic E-state index is 0.212. The number of likely N-dealkylation sites (N-methyl/N-ethyl adjacent to an activating group) is 1. The Balaban J connectivity index is 1.70. The Morgan fingerprint density at radius 2 is 1.52 bits per heavy atom. The van der Waals surface area contributed by atoms with E-state index in [0.29, 0.717) is 16.9 Å². The quantitative estimate of drug-likeness (QED) is 0.264. The van der Waals surface area contributed by atoms with Crippen LogP contribution >= 0.6 is 0 Å². The minimum atomic E-state index is -1.01. The average molecular weight is 605 g/mol. The van der Waals surface area contributed by atoms with E-state index in [1.165, 1.54) is 17.0 Å². The van der Waals surface area contributed by atoms with Crippen molar-refractivity contribution in [2.24, 2.45) is 0 Å². The zero-order valence-electron chi connectivity index (χ0n) is 25.0. The van der Waals surface area contributed by atoms with E-state index in [4.69, 9.17) is 14.6 Å². The number of para-hydroxylation sites is 1. The van der Waals surface area contributed by atoms with Crippen molar-refractivity contribution in [3.8, 4) is 5.75 Å². The molecule has 0 aliphatic rings. The number of anilines is 3. The molecule has 0 aromatic heterocycles. The molecule has 0 bridgehead atoms. The Bertz CT molecular complexity index is 1490. The maximum atomic E-state index is 13.3. The number of hydrogen-bond acceptors (Lipinski definition) is 7. The molecule has 3 aromatic rings. The van der Waals surface area contributed by atoms with Gasteiger partial charge < -0.3 is 30.1 Å². The lowest BCUT2D eigenvalue weighted by Crippen LogP contribution is -2.45. The van der Waals surface area contributed by atoms with E-state index >= 15 is 0 Å². The summed E-state index contributed by atoms with van der Waals surface area (Å²) >= 11 is 0. The molecule has 3 aromatic carbocycles. The Hall–Kier alpha value is -5.39. The van der Waals surface area contributed by atoms with Gasteiger partial charge in [-0.25, -0.2) is 4.79 Å². The molecular weight excluding hydrogens is 568 g/mol. The largest absolute Gasteiger partial charge is 0.484 e. The van der Waals surface area contributed by atoms with Gasteiger partial charge in [0.25, 0.3) is 5.91 Å². The normalized spacial score (nSPS) is 10.7. The third-order valence-electron chi connectivity index (χ3n) is 5.96. The summed E-state index contributed by atoms with van der Waals surface area (Å²) in [6.45, 7) is 3.90. The lowest BCUT2D eigenvalue weighted by Gasteiger charge is -2.26. The molecule has 12 nitrogen and oxygen atoms in total. The Labute approximate surface area is 255 Å². The summed E-state index contributed by atoms with van der Waals surface area (Å²) in [6.07, 6.45) is -0.212. The summed E-state index contributed by atoms with van der Waals surface area (Å²) in [5, 5.41) is 14.0. The molecular formula is C32H36N4O8. The number of ether oxygens (including phenoxy) is 2. The maximum Gasteiger partial charge on any atom is 0.326 e. The van der Waals surface area contributed by atoms with Crippen LogP contribution in [0.2, 0.25) is 0 Å². The lowest BCUT2D eigenvalue weighted by atomic mass is 10.1. The van der Waals surface area contributed by atoms with E-state index in [9.17, 15) is 24.0 Å². The fraction of sp³-hybridized carbons (Fsp3) is 0.281. The van der Waals surface area contributed by atoms with Crippen LogP contribution < -0.4 is 25.2 Å². The summed E-state index contributed by atoms with van der Waals surface area (Å²) < 4.78 is 11.1. The van der Waals surface area contributed by atoms with Crippen LogP contribution in [0.5, 0.6) is 5.75 Å². The Morgan fingerprint density at radius 3 is 2.20 bits per heavy atom. The molecule has 12 heteroatoms. The van der Waals surface area contributed by atoms with Crippen LogP contribution in [0.1, 0.15) is 26.3 Å². The summed E-state index contributed by atoms with van der Waals surface area (Å²) in [6, 6.07) is 21.0. The van der Waals surface area contributed by atoms with Crippen molar-refractivity contribution in [1.29, 1.82) is 0 Å². The van der Waals surface area contributed by atoms with Crippen LogP contribution in [-0.4, -0.2) is 67.2 Å². The predicted molar refractivity (Wildman–Crippen MR) is 165 cm³/mol. The molecule has 4 amide bonds. The number of amides is 4. The molecule has 232 valence electrons. The number of rotatable bonds is 12. The van der Waals surface area contributed by atoms with Crippen LogP contribution in [0.4, 0.5) is 21.9 Å². The van der Waals surface area contributed by atoms with E-state index < -0.39 is 42.6 Å². The number of carboxylic acids is 1. The van der Waals surface area contributed by atoms with Crippen molar-refractivity contribution < 1.29 is 38.6 Å². The van der Waals surface area contributed by atoms with E-state index in [0.717, 1.165) is 4.90 Å². The van der Waals surface area contributed by atoms with Crippen molar-refractivity contribution >= 4 is 46.8 Å². The second-order valence-corrected chi connectivity index (χ2v) is 10.7. The number of hydrogen-bond donors (Lipinski definition) is 3. The number of benzene rings is 3. The molecule has 0 heterocycles. The van der Waals surface area contributed by atoms with Gasteiger partial charge in [-0.05, 0) is 62.7 Å². The predicted octanol–water partition coefficient (Wildman–Crippen LogP) is 3.85. The highest BCUT2D eigenvalue weighted by atomic mass is 16.6. The fourth-order valence-electron chi connectivity index (χ4n) is 3.97. The SMILES string of the molecule is CN(C(=O)COc1cccc(N(CC(=O)OC(C)(C)C)C(=O)CNC(=O)Nc2cccc(CC(=O)O)c2)c1)c1ccccc1. The average Bonchev–Trinajstić information content (AvgIpc) is 2.96. The van der Waals surface area contributed by atoms with Crippen molar-refractivity contribution in [2.45, 2.75) is 32.8 Å². The molecule has 0 atom stereocenters. The number of carboxylic acid groups (broad SMARTS) is 1. The Kier molecular flexibility index (Phi) is 11.4. The summed E-state index contributed by atoms with van der Waals surface area (Å²) in [5.74, 6) is -2.32. The smallest absolute Gasteiger partial charge is 0.326 e. The van der Waals surface area contributed by atoms with Crippen LogP contribution in [0.3, 0.4) is 0 Å². The molecule has 0 saturated carbocycles. The molecule has 0 aliphatic heterocycles. The van der Waals surface area contributed by atoms with Crippen molar-refractivity contribution in [2.75, 3.05) is 41.9 Å². The molecule has 3 N–H and O–H groups in total. The molecule has 0 spiro atoms. The molecule has 0 radical (unpaired) electrons. The van der Waals surface area contributed by atoms with Gasteiger partial charge in [0.2, 0.25) is 5.91 Å². The zero-order chi connectivity index (χ0) is 32.3. The summed E-state index contributed by atoms with van der Waals surface area (Å²) in [5.41, 5.74) is 1.02. The molecule has 0 saturated heterocycles. The van der Waals surface area contributed by atoms with E-state index in [1.807, 2.05) is 18.2 Å². The van der Waals surface area contributed by atoms with Crippen LogP contribution in [-0.2, 0) is 30.3 Å². The van der Waals surface area contributed by atoms with Gasteiger partial charge in [-0.3, -0.25) is 24.1 Å². The highest BCUT2D eigenvalue weighted by Crippen LogP contribution is 2.23. The standard InChI is InChI=1S/C32H36N4O8/c1-32(2,3)44-30(41)20-36(27(37)19-33-31(42)34-23-11-8-10-22(16-23)17-29(39)40)25-14-9-15-26(18-25)43-21-28(38)35(4)24-12-6-5-7-13-24/h5-16,18H,17,19-21H2,1-4H3,(H,39,40)(H2,33,34,42). The van der Waals surface area contributed by atoms with Gasteiger partial charge in [-0.2, -0.15) is 0 Å². The summed E-state index contributed by atoms with van der Waals surface area (Å²) in [4.78, 5) is 64.8. The summed E-state index contributed by atoms with van der Waals surface area (Å²) in [7, 11) is 1.63. The molecule has 0 fully saturated rings. The van der Waals surface area contributed by atoms with E-state index in [-0.39, 0.29) is 30.4 Å². The Morgan fingerprint density at radius 1 is 0.841 bits per heavy atom. The molecule has 0 unspecified atom stereocenters. The first kappa shape index (κ1) is 33.1. The number of carbonyl (C=O) groups is 5. The highest BCUT2D eigenvalue weighted by molar-refractivity contribution is 6.01. The first-order valence-electron chi connectivity index (χ1n) is 13.7. The monoisotopic (exact) mass is 604 g/mol. The minimum Gasteiger partial charge on any atom is -0.484 e. The van der Waals surface area contributed by atoms with Gasteiger partial charge in [-0.1, -0.05) is 36.4 Å². The number of aliphatic carboxylic acids is 1.